The van der Waals surface area contributed by atoms with Crippen molar-refractivity contribution in [3.63, 3.8) is 0 Å². The van der Waals surface area contributed by atoms with Gasteiger partial charge in [0.05, 0.1) is 17.3 Å². The van der Waals surface area contributed by atoms with Gasteiger partial charge in [0.25, 0.3) is 0 Å². The molecule has 6 nitrogen and oxygen atoms in total. The molecule has 0 aromatic carbocycles. The molecule has 2 aromatic heterocycles. The number of amides is 1. The summed E-state index contributed by atoms with van der Waals surface area (Å²) < 4.78 is 7.70. The van der Waals surface area contributed by atoms with Gasteiger partial charge in [-0.15, -0.1) is 5.73 Å². The van der Waals surface area contributed by atoms with Crippen LogP contribution in [0.4, 0.5) is 4.79 Å². The lowest BCUT2D eigenvalue weighted by Gasteiger charge is -2.29. The molecule has 0 unspecified atom stereocenters. The summed E-state index contributed by atoms with van der Waals surface area (Å²) in [5, 5.41) is 10.7. The van der Waals surface area contributed by atoms with Gasteiger partial charge in [-0.2, -0.15) is 5.26 Å². The third kappa shape index (κ3) is 9.46. The van der Waals surface area contributed by atoms with Gasteiger partial charge in [0.15, 0.2) is 0 Å². The Kier molecular flexibility index (Phi) is 13.0. The van der Waals surface area contributed by atoms with Gasteiger partial charge in [-0.1, -0.05) is 59.4 Å². The Morgan fingerprint density at radius 1 is 1.26 bits per heavy atom. The summed E-state index contributed by atoms with van der Waals surface area (Å²) in [6.07, 6.45) is 14.7. The van der Waals surface area contributed by atoms with E-state index < -0.39 is 5.60 Å². The summed E-state index contributed by atoms with van der Waals surface area (Å²) in [6, 6.07) is 2.24. The van der Waals surface area contributed by atoms with E-state index in [4.69, 9.17) is 9.72 Å². The SMILES string of the molecule is C=C=C(/C=C(C#N)\C=C/C)n1cc(/C(=C\CC)CCC)c2c(C(=C)CCN(CC(C)C)C(=O)OC(C)(C)C)c(C)cnc21. The van der Waals surface area contributed by atoms with Crippen LogP contribution in [0.15, 0.2) is 61.2 Å². The second kappa shape index (κ2) is 16.0. The first-order valence-corrected chi connectivity index (χ1v) is 15.3. The van der Waals surface area contributed by atoms with Crippen LogP contribution in [0.25, 0.3) is 27.9 Å². The predicted molar refractivity (Wildman–Crippen MR) is 181 cm³/mol. The molecule has 2 rings (SSSR count). The van der Waals surface area contributed by atoms with Crippen molar-refractivity contribution in [1.29, 1.82) is 5.26 Å². The molecule has 0 aliphatic heterocycles. The monoisotopic (exact) mass is 582 g/mol. The molecule has 0 aliphatic carbocycles. The van der Waals surface area contributed by atoms with Crippen LogP contribution in [0.1, 0.15) is 97.8 Å². The van der Waals surface area contributed by atoms with Gasteiger partial charge in [-0.05, 0) is 94.2 Å². The molecule has 0 saturated carbocycles. The number of allylic oxidation sites excluding steroid dienone is 7. The first kappa shape index (κ1) is 35.1. The third-order valence-electron chi connectivity index (χ3n) is 6.80. The average Bonchev–Trinajstić information content (AvgIpc) is 3.30. The number of aromatic nitrogens is 2. The highest BCUT2D eigenvalue weighted by atomic mass is 16.6. The number of carbonyl (C=O) groups is 1. The highest BCUT2D eigenvalue weighted by Gasteiger charge is 2.25. The van der Waals surface area contributed by atoms with Gasteiger partial charge in [0.2, 0.25) is 0 Å². The van der Waals surface area contributed by atoms with E-state index in [1.165, 1.54) is 5.57 Å². The van der Waals surface area contributed by atoms with Crippen LogP contribution in [0.3, 0.4) is 0 Å². The van der Waals surface area contributed by atoms with E-state index in [9.17, 15) is 10.1 Å². The topological polar surface area (TPSA) is 71.2 Å². The Bertz CT molecular complexity index is 1500. The third-order valence-corrected chi connectivity index (χ3v) is 6.80. The number of carbonyl (C=O) groups excluding carboxylic acids is 1. The Morgan fingerprint density at radius 3 is 2.49 bits per heavy atom. The number of fused-ring (bicyclic) bond motifs is 1. The molecule has 2 aromatic rings. The quantitative estimate of drug-likeness (QED) is 0.134. The van der Waals surface area contributed by atoms with E-state index in [0.29, 0.717) is 36.7 Å². The summed E-state index contributed by atoms with van der Waals surface area (Å²) in [7, 11) is 0. The minimum atomic E-state index is -0.570. The van der Waals surface area contributed by atoms with E-state index in [2.05, 4.69) is 71.8 Å². The molecule has 0 bridgehead atoms. The molecule has 6 heteroatoms. The smallest absolute Gasteiger partial charge is 0.410 e. The molecule has 0 atom stereocenters. The molecule has 0 spiro atoms. The number of aryl methyl sites for hydroxylation is 1. The number of ether oxygens (including phenoxy) is 1. The summed E-state index contributed by atoms with van der Waals surface area (Å²) in [6.45, 7) is 27.7. The van der Waals surface area contributed by atoms with Crippen molar-refractivity contribution in [3.8, 4) is 6.07 Å². The van der Waals surface area contributed by atoms with Crippen molar-refractivity contribution in [1.82, 2.24) is 14.5 Å². The molecule has 0 aliphatic rings. The Hall–Kier alpha value is -4.07. The van der Waals surface area contributed by atoms with Gasteiger partial charge >= 0.3 is 6.09 Å². The van der Waals surface area contributed by atoms with E-state index in [1.807, 2.05) is 44.5 Å². The fourth-order valence-corrected chi connectivity index (χ4v) is 5.10. The van der Waals surface area contributed by atoms with Crippen LogP contribution in [-0.4, -0.2) is 39.2 Å². The van der Waals surface area contributed by atoms with Crippen LogP contribution in [0.2, 0.25) is 0 Å². The minimum Gasteiger partial charge on any atom is -0.444 e. The molecule has 2 heterocycles. The highest BCUT2D eigenvalue weighted by Crippen LogP contribution is 2.38. The first-order valence-electron chi connectivity index (χ1n) is 15.3. The largest absolute Gasteiger partial charge is 0.444 e. The van der Waals surface area contributed by atoms with Crippen molar-refractivity contribution in [3.05, 3.63) is 77.9 Å². The number of rotatable bonds is 13. The van der Waals surface area contributed by atoms with Crippen LogP contribution in [0, 0.1) is 24.2 Å². The molecule has 43 heavy (non-hydrogen) atoms. The number of hydrogen-bond acceptors (Lipinski definition) is 4. The van der Waals surface area contributed by atoms with Crippen molar-refractivity contribution >= 4 is 34.0 Å². The number of nitrogens with zero attached hydrogens (tertiary/aromatic N) is 4. The van der Waals surface area contributed by atoms with Crippen molar-refractivity contribution < 1.29 is 9.53 Å². The standard InChI is InChI=1S/C37H50N4O2/c1-12-16-29(22-38)21-31(15-4)41-25-32(30(17-13-2)18-14-3)34-33(28(8)23-39-35(34)41)27(7)19-20-40(24-26(5)6)36(42)43-37(9,10)11/h12,16-17,21,23,25-26H,4,7,13-14,18-20,24H2,1-3,5-6,8-11H3/b16-12-,29-21+,30-17-. The second-order valence-electron chi connectivity index (χ2n) is 12.3. The fraction of sp³-hybridized carbons (Fsp3) is 0.459. The Morgan fingerprint density at radius 2 is 1.95 bits per heavy atom. The first-order chi connectivity index (χ1) is 20.3. The maximum absolute atomic E-state index is 13.1. The van der Waals surface area contributed by atoms with Gasteiger partial charge in [-0.3, -0.25) is 4.57 Å². The predicted octanol–water partition coefficient (Wildman–Crippen LogP) is 9.89. The van der Waals surface area contributed by atoms with E-state index in [0.717, 1.165) is 52.6 Å². The lowest BCUT2D eigenvalue weighted by Crippen LogP contribution is -2.39. The van der Waals surface area contributed by atoms with Crippen LogP contribution in [-0.2, 0) is 4.74 Å². The molecular formula is C37H50N4O2. The highest BCUT2D eigenvalue weighted by molar-refractivity contribution is 6.01. The minimum absolute atomic E-state index is 0.296. The number of pyridine rings is 1. The lowest BCUT2D eigenvalue weighted by molar-refractivity contribution is 0.0233. The maximum Gasteiger partial charge on any atom is 0.410 e. The molecule has 230 valence electrons. The molecular weight excluding hydrogens is 532 g/mol. The normalized spacial score (nSPS) is 12.5. The number of hydrogen-bond donors (Lipinski definition) is 0. The summed E-state index contributed by atoms with van der Waals surface area (Å²) >= 11 is 0. The molecule has 0 fully saturated rings. The Balaban J connectivity index is 2.76. The molecule has 0 N–H and O–H groups in total. The molecule has 1 amide bonds. The lowest BCUT2D eigenvalue weighted by atomic mass is 9.92. The van der Waals surface area contributed by atoms with Gasteiger partial charge < -0.3 is 9.64 Å². The Labute approximate surface area is 259 Å². The van der Waals surface area contributed by atoms with Crippen LogP contribution < -0.4 is 0 Å². The van der Waals surface area contributed by atoms with Gasteiger partial charge in [0, 0.05) is 36.4 Å². The van der Waals surface area contributed by atoms with E-state index in [1.54, 1.807) is 17.1 Å². The zero-order chi connectivity index (χ0) is 32.3. The summed E-state index contributed by atoms with van der Waals surface area (Å²) in [5.41, 5.74) is 9.66. The molecule has 0 radical (unpaired) electrons. The zero-order valence-electron chi connectivity index (χ0n) is 27.8. The van der Waals surface area contributed by atoms with Gasteiger partial charge in [0.1, 0.15) is 11.2 Å². The summed E-state index contributed by atoms with van der Waals surface area (Å²) in [5.74, 6) is 0.296. The number of nitriles is 1. The van der Waals surface area contributed by atoms with Gasteiger partial charge in [-0.25, -0.2) is 9.78 Å². The zero-order valence-corrected chi connectivity index (χ0v) is 27.8. The van der Waals surface area contributed by atoms with Crippen molar-refractivity contribution in [2.75, 3.05) is 13.1 Å². The van der Waals surface area contributed by atoms with Crippen LogP contribution >= 0.6 is 0 Å². The van der Waals surface area contributed by atoms with Crippen molar-refractivity contribution in [2.24, 2.45) is 5.92 Å². The fourth-order valence-electron chi connectivity index (χ4n) is 5.10. The molecule has 0 saturated heterocycles. The average molecular weight is 583 g/mol. The summed E-state index contributed by atoms with van der Waals surface area (Å²) in [4.78, 5) is 19.8. The van der Waals surface area contributed by atoms with Crippen molar-refractivity contribution in [2.45, 2.75) is 93.6 Å². The van der Waals surface area contributed by atoms with E-state index >= 15 is 0 Å². The second-order valence-corrected chi connectivity index (χ2v) is 12.3. The van der Waals surface area contributed by atoms with Crippen LogP contribution in [0.5, 0.6) is 0 Å². The maximum atomic E-state index is 13.1. The van der Waals surface area contributed by atoms with E-state index in [-0.39, 0.29) is 6.09 Å².